The van der Waals surface area contributed by atoms with Gasteiger partial charge in [-0.05, 0) is 17.8 Å². The largest absolute Gasteiger partial charge is 0.247 e. The van der Waals surface area contributed by atoms with Gasteiger partial charge >= 0.3 is 0 Å². The smallest absolute Gasteiger partial charge is 0.137 e. The van der Waals surface area contributed by atoms with Crippen LogP contribution in [0.25, 0.3) is 0 Å². The van der Waals surface area contributed by atoms with Gasteiger partial charge in [0.25, 0.3) is 0 Å². The van der Waals surface area contributed by atoms with Crippen molar-refractivity contribution in [2.45, 2.75) is 106 Å². The second kappa shape index (κ2) is 14.2. The predicted molar refractivity (Wildman–Crippen MR) is 97.1 cm³/mol. The van der Waals surface area contributed by atoms with E-state index in [0.29, 0.717) is 0 Å². The minimum absolute atomic E-state index is 0.373. The van der Waals surface area contributed by atoms with Crippen LogP contribution in [0, 0.1) is 23.7 Å². The summed E-state index contributed by atoms with van der Waals surface area (Å²) in [5, 5.41) is 0. The zero-order valence-electron chi connectivity index (χ0n) is 16.7. The maximum atomic E-state index is 13.2. The summed E-state index contributed by atoms with van der Waals surface area (Å²) in [5.41, 5.74) is 0. The van der Waals surface area contributed by atoms with Gasteiger partial charge in [0.2, 0.25) is 0 Å². The van der Waals surface area contributed by atoms with E-state index in [1.165, 1.54) is 39.0 Å². The van der Waals surface area contributed by atoms with E-state index in [-0.39, 0.29) is 5.92 Å². The lowest BCUT2D eigenvalue weighted by Crippen LogP contribution is -2.47. The molecule has 1 aliphatic rings. The summed E-state index contributed by atoms with van der Waals surface area (Å²) in [7, 11) is 0. The van der Waals surface area contributed by atoms with Crippen LogP contribution >= 0.6 is 0 Å². The fourth-order valence-electron chi connectivity index (χ4n) is 2.51. The molecule has 0 aliphatic heterocycles. The van der Waals surface area contributed by atoms with Crippen LogP contribution in [0.1, 0.15) is 87.5 Å². The van der Waals surface area contributed by atoms with Gasteiger partial charge in [0, 0.05) is 5.92 Å². The van der Waals surface area contributed by atoms with E-state index in [1.54, 1.807) is 13.8 Å². The third kappa shape index (κ3) is 9.62. The minimum atomic E-state index is -1.63. The standard InChI is InChI=1S/C9H15F3.C7H16.C4H10/c1-4-5(2)8(11)9(12)6(3)7(4)10;1-4-6-7(3)5-2;1-3-4-2/h4-9H,1-3H3;7H,4-6H2,1-3H3;3-4H2,1-2H3. The summed E-state index contributed by atoms with van der Waals surface area (Å²) >= 11 is 0. The maximum absolute atomic E-state index is 13.2. The van der Waals surface area contributed by atoms with Crippen LogP contribution in [0.15, 0.2) is 0 Å². The van der Waals surface area contributed by atoms with Crippen LogP contribution in [0.4, 0.5) is 13.2 Å². The zero-order chi connectivity index (χ0) is 18.6. The average Bonchev–Trinajstić information content (AvgIpc) is 2.57. The van der Waals surface area contributed by atoms with E-state index in [0.717, 1.165) is 5.92 Å². The van der Waals surface area contributed by atoms with Gasteiger partial charge in [0.05, 0.1) is 0 Å². The molecule has 0 aromatic carbocycles. The second-order valence-corrected chi connectivity index (χ2v) is 7.21. The lowest BCUT2D eigenvalue weighted by molar-refractivity contribution is -0.0482. The quantitative estimate of drug-likeness (QED) is 0.496. The minimum Gasteiger partial charge on any atom is -0.247 e. The van der Waals surface area contributed by atoms with Crippen molar-refractivity contribution in [1.82, 2.24) is 0 Å². The molecule has 0 aromatic rings. The van der Waals surface area contributed by atoms with Crippen molar-refractivity contribution in [3.8, 4) is 0 Å². The first-order valence-electron chi connectivity index (χ1n) is 9.61. The lowest BCUT2D eigenvalue weighted by atomic mass is 9.73. The number of halogens is 3. The third-order valence-electron chi connectivity index (χ3n) is 5.12. The summed E-state index contributed by atoms with van der Waals surface area (Å²) in [5.74, 6) is -0.732. The van der Waals surface area contributed by atoms with Gasteiger partial charge in [-0.15, -0.1) is 0 Å². The highest BCUT2D eigenvalue weighted by Crippen LogP contribution is 2.39. The molecular weight excluding hydrogens is 297 g/mol. The molecule has 0 bridgehead atoms. The van der Waals surface area contributed by atoms with E-state index in [1.807, 2.05) is 0 Å². The molecule has 1 saturated carbocycles. The molecule has 0 radical (unpaired) electrons. The Hall–Kier alpha value is -0.210. The van der Waals surface area contributed by atoms with Gasteiger partial charge in [-0.1, -0.05) is 87.5 Å². The Bertz CT molecular complexity index is 197. The predicted octanol–water partition coefficient (Wildman–Crippen LogP) is 7.56. The lowest BCUT2D eigenvalue weighted by Gasteiger charge is -2.38. The Morgan fingerprint density at radius 2 is 1.04 bits per heavy atom. The molecule has 3 heteroatoms. The van der Waals surface area contributed by atoms with Gasteiger partial charge in [-0.2, -0.15) is 0 Å². The van der Waals surface area contributed by atoms with Crippen LogP contribution in [0.2, 0.25) is 0 Å². The maximum Gasteiger partial charge on any atom is 0.137 e. The molecule has 7 atom stereocenters. The Labute approximate surface area is 143 Å². The molecule has 1 rings (SSSR count). The van der Waals surface area contributed by atoms with Crippen LogP contribution < -0.4 is 0 Å². The molecule has 0 nitrogen and oxygen atoms in total. The van der Waals surface area contributed by atoms with Gasteiger partial charge in [0.1, 0.15) is 18.5 Å². The Kier molecular flexibility index (Phi) is 15.4. The normalized spacial score (nSPS) is 34.6. The van der Waals surface area contributed by atoms with E-state index in [2.05, 4.69) is 34.6 Å². The summed E-state index contributed by atoms with van der Waals surface area (Å²) in [6.45, 7) is 15.8. The number of alkyl halides is 3. The molecule has 0 N–H and O–H groups in total. The molecule has 1 aliphatic carbocycles. The fraction of sp³-hybridized carbons (Fsp3) is 1.00. The van der Waals surface area contributed by atoms with Gasteiger partial charge in [-0.25, -0.2) is 13.2 Å². The van der Waals surface area contributed by atoms with Crippen LogP contribution in [-0.4, -0.2) is 18.5 Å². The van der Waals surface area contributed by atoms with E-state index in [9.17, 15) is 13.2 Å². The molecule has 0 amide bonds. The van der Waals surface area contributed by atoms with Crippen molar-refractivity contribution < 1.29 is 13.2 Å². The van der Waals surface area contributed by atoms with Crippen LogP contribution in [-0.2, 0) is 0 Å². The molecule has 0 spiro atoms. The zero-order valence-corrected chi connectivity index (χ0v) is 16.7. The van der Waals surface area contributed by atoms with Crippen LogP contribution in [0.3, 0.4) is 0 Å². The fourth-order valence-corrected chi connectivity index (χ4v) is 2.51. The second-order valence-electron chi connectivity index (χ2n) is 7.21. The highest BCUT2D eigenvalue weighted by molar-refractivity contribution is 4.93. The van der Waals surface area contributed by atoms with Gasteiger partial charge in [0.15, 0.2) is 0 Å². The molecule has 142 valence electrons. The number of unbranched alkanes of at least 4 members (excludes halogenated alkanes) is 1. The molecule has 7 unspecified atom stereocenters. The number of rotatable bonds is 4. The average molecular weight is 339 g/mol. The Balaban J connectivity index is 0. The SMILES string of the molecule is CC1C(C)C(F)C(F)C(C)C1F.CCCC.CCCC(C)CC. The van der Waals surface area contributed by atoms with Crippen molar-refractivity contribution in [3.05, 3.63) is 0 Å². The number of hydrogen-bond acceptors (Lipinski definition) is 0. The van der Waals surface area contributed by atoms with E-state index in [4.69, 9.17) is 0 Å². The summed E-state index contributed by atoms with van der Waals surface area (Å²) in [4.78, 5) is 0. The monoisotopic (exact) mass is 338 g/mol. The van der Waals surface area contributed by atoms with Crippen molar-refractivity contribution in [1.29, 1.82) is 0 Å². The molecule has 0 aromatic heterocycles. The summed E-state index contributed by atoms with van der Waals surface area (Å²) in [6.07, 6.45) is 2.38. The molecule has 23 heavy (non-hydrogen) atoms. The number of hydrogen-bond donors (Lipinski definition) is 0. The van der Waals surface area contributed by atoms with Gasteiger partial charge < -0.3 is 0 Å². The highest BCUT2D eigenvalue weighted by atomic mass is 19.2. The van der Waals surface area contributed by atoms with Crippen LogP contribution in [0.5, 0.6) is 0 Å². The Morgan fingerprint density at radius 3 is 1.35 bits per heavy atom. The van der Waals surface area contributed by atoms with E-state index >= 15 is 0 Å². The molecule has 0 saturated heterocycles. The van der Waals surface area contributed by atoms with Crippen molar-refractivity contribution in [3.63, 3.8) is 0 Å². The summed E-state index contributed by atoms with van der Waals surface area (Å²) < 4.78 is 39.4. The van der Waals surface area contributed by atoms with Crippen molar-refractivity contribution in [2.24, 2.45) is 23.7 Å². The first kappa shape index (κ1) is 25.0. The van der Waals surface area contributed by atoms with Crippen molar-refractivity contribution in [2.75, 3.05) is 0 Å². The van der Waals surface area contributed by atoms with Crippen molar-refractivity contribution >= 4 is 0 Å². The topological polar surface area (TPSA) is 0 Å². The Morgan fingerprint density at radius 1 is 0.652 bits per heavy atom. The molecular formula is C20H41F3. The highest BCUT2D eigenvalue weighted by Gasteiger charge is 2.46. The molecule has 1 fully saturated rings. The first-order valence-corrected chi connectivity index (χ1v) is 9.61. The van der Waals surface area contributed by atoms with E-state index < -0.39 is 30.4 Å². The van der Waals surface area contributed by atoms with Gasteiger partial charge in [-0.3, -0.25) is 0 Å². The first-order chi connectivity index (χ1) is 10.7. The summed E-state index contributed by atoms with van der Waals surface area (Å²) in [6, 6.07) is 0. The third-order valence-corrected chi connectivity index (χ3v) is 5.12. The molecule has 0 heterocycles.